The monoisotopic (exact) mass is 206 g/mol. The molecule has 0 radical (unpaired) electrons. The maximum absolute atomic E-state index is 12.6. The van der Waals surface area contributed by atoms with Crippen molar-refractivity contribution in [3.05, 3.63) is 24.0 Å². The lowest BCUT2D eigenvalue weighted by Crippen LogP contribution is -1.92. The Kier molecular flexibility index (Phi) is 3.69. The average molecular weight is 207 g/mol. The molecule has 0 bridgehead atoms. The van der Waals surface area contributed by atoms with Gasteiger partial charge in [-0.2, -0.15) is 0 Å². The quantitative estimate of drug-likeness (QED) is 0.749. The molecule has 0 heterocycles. The summed E-state index contributed by atoms with van der Waals surface area (Å²) in [6.45, 7) is 2.42. The number of hydrogen-bond acceptors (Lipinski definition) is 2. The first-order valence-electron chi connectivity index (χ1n) is 3.49. The molecule has 0 N–H and O–H groups in total. The van der Waals surface area contributed by atoms with Gasteiger partial charge in [0, 0.05) is 0 Å². The lowest BCUT2D eigenvalue weighted by atomic mass is 10.3. The van der Waals surface area contributed by atoms with Gasteiger partial charge in [0.25, 0.3) is 0 Å². The lowest BCUT2D eigenvalue weighted by molar-refractivity contribution is 0.331. The molecule has 1 aromatic rings. The number of ether oxygens (including phenoxy) is 1. The van der Waals surface area contributed by atoms with E-state index in [4.69, 9.17) is 15.4 Å². The first kappa shape index (κ1) is 9.68. The van der Waals surface area contributed by atoms with Gasteiger partial charge in [0.2, 0.25) is 0 Å². The summed E-state index contributed by atoms with van der Waals surface area (Å²) in [5, 5.41) is 0. The van der Waals surface area contributed by atoms with Crippen LogP contribution in [0, 0.1) is 5.82 Å². The molecule has 0 fully saturated rings. The fourth-order valence-electron chi connectivity index (χ4n) is 0.817. The van der Waals surface area contributed by atoms with E-state index in [2.05, 4.69) is 0 Å². The number of hydrogen-bond donors (Lipinski definition) is 0. The van der Waals surface area contributed by atoms with Gasteiger partial charge in [-0.05, 0) is 46.8 Å². The van der Waals surface area contributed by atoms with E-state index in [0.717, 1.165) is 11.0 Å². The van der Waals surface area contributed by atoms with E-state index in [9.17, 15) is 4.39 Å². The second kappa shape index (κ2) is 4.58. The van der Waals surface area contributed by atoms with Crippen LogP contribution in [0.2, 0.25) is 0 Å². The summed E-state index contributed by atoms with van der Waals surface area (Å²) in [6.07, 6.45) is 0. The second-order valence-electron chi connectivity index (χ2n) is 2.10. The highest BCUT2D eigenvalue weighted by Crippen LogP contribution is 2.32. The molecule has 0 aliphatic rings. The van der Waals surface area contributed by atoms with Gasteiger partial charge in [0.15, 0.2) is 0 Å². The zero-order chi connectivity index (χ0) is 8.97. The van der Waals surface area contributed by atoms with Gasteiger partial charge < -0.3 is 4.74 Å². The van der Waals surface area contributed by atoms with E-state index >= 15 is 0 Å². The Labute approximate surface area is 79.4 Å². The van der Waals surface area contributed by atoms with Crippen molar-refractivity contribution in [3.63, 3.8) is 0 Å². The zero-order valence-corrected chi connectivity index (χ0v) is 8.08. The third-order valence-corrected chi connectivity index (χ3v) is 2.27. The van der Waals surface area contributed by atoms with Crippen molar-refractivity contribution in [2.45, 2.75) is 11.8 Å². The molecule has 0 amide bonds. The average Bonchev–Trinajstić information content (AvgIpc) is 2.08. The van der Waals surface area contributed by atoms with Crippen LogP contribution in [0.15, 0.2) is 23.1 Å². The molecule has 0 aliphatic heterocycles. The van der Waals surface area contributed by atoms with Crippen molar-refractivity contribution in [2.24, 2.45) is 0 Å². The van der Waals surface area contributed by atoms with Crippen LogP contribution in [0.1, 0.15) is 6.92 Å². The summed E-state index contributed by atoms with van der Waals surface area (Å²) < 4.78 is 17.9. The minimum Gasteiger partial charge on any atom is -0.493 e. The Balaban J connectivity index is 2.94. The predicted molar refractivity (Wildman–Crippen MR) is 49.3 cm³/mol. The Bertz CT molecular complexity index is 267. The largest absolute Gasteiger partial charge is 0.493 e. The summed E-state index contributed by atoms with van der Waals surface area (Å²) in [5.74, 6) is 0.320. The molecule has 1 rings (SSSR count). The minimum absolute atomic E-state index is 0.304. The number of halogens is 2. The number of rotatable bonds is 3. The standard InChI is InChI=1S/C8H8ClFOS/c1-2-11-7-4-3-6(10)5-8(7)12-9/h3-5H,2H2,1H3. The normalized spacial score (nSPS) is 9.92. The molecule has 0 saturated carbocycles. The Morgan fingerprint density at radius 1 is 1.58 bits per heavy atom. The molecule has 4 heteroatoms. The molecule has 0 atom stereocenters. The maximum atomic E-state index is 12.6. The van der Waals surface area contributed by atoms with Gasteiger partial charge >= 0.3 is 0 Å². The van der Waals surface area contributed by atoms with Gasteiger partial charge in [-0.25, -0.2) is 4.39 Å². The topological polar surface area (TPSA) is 9.23 Å². The summed E-state index contributed by atoms with van der Waals surface area (Å²) in [6, 6.07) is 4.27. The van der Waals surface area contributed by atoms with E-state index in [1.54, 1.807) is 6.07 Å². The minimum atomic E-state index is -0.304. The van der Waals surface area contributed by atoms with Crippen molar-refractivity contribution >= 4 is 21.7 Å². The third kappa shape index (κ3) is 2.29. The highest BCUT2D eigenvalue weighted by Gasteiger charge is 2.03. The molecular formula is C8H8ClFOS. The van der Waals surface area contributed by atoms with Gasteiger partial charge in [0.05, 0.1) is 11.5 Å². The van der Waals surface area contributed by atoms with Crippen LogP contribution in [0.3, 0.4) is 0 Å². The van der Waals surface area contributed by atoms with Crippen LogP contribution < -0.4 is 4.74 Å². The van der Waals surface area contributed by atoms with Gasteiger partial charge in [0.1, 0.15) is 11.6 Å². The third-order valence-electron chi connectivity index (χ3n) is 1.29. The molecule has 12 heavy (non-hydrogen) atoms. The van der Waals surface area contributed by atoms with Crippen molar-refractivity contribution in [3.8, 4) is 5.75 Å². The molecular weight excluding hydrogens is 199 g/mol. The van der Waals surface area contributed by atoms with E-state index in [1.165, 1.54) is 12.1 Å². The van der Waals surface area contributed by atoms with Crippen molar-refractivity contribution < 1.29 is 9.13 Å². The Hall–Kier alpha value is -0.410. The van der Waals surface area contributed by atoms with Crippen LogP contribution >= 0.6 is 21.7 Å². The summed E-state index contributed by atoms with van der Waals surface area (Å²) in [7, 11) is 6.47. The summed E-state index contributed by atoms with van der Waals surface area (Å²) >= 11 is 0. The van der Waals surface area contributed by atoms with Gasteiger partial charge in [-0.15, -0.1) is 0 Å². The van der Waals surface area contributed by atoms with E-state index < -0.39 is 0 Å². The van der Waals surface area contributed by atoms with Crippen molar-refractivity contribution in [1.82, 2.24) is 0 Å². The molecule has 66 valence electrons. The zero-order valence-electron chi connectivity index (χ0n) is 6.51. The van der Waals surface area contributed by atoms with E-state index in [0.29, 0.717) is 17.3 Å². The summed E-state index contributed by atoms with van der Waals surface area (Å²) in [4.78, 5) is 0.610. The highest BCUT2D eigenvalue weighted by atomic mass is 35.7. The first-order chi connectivity index (χ1) is 5.77. The Morgan fingerprint density at radius 2 is 2.33 bits per heavy atom. The fourth-order valence-corrected chi connectivity index (χ4v) is 1.54. The van der Waals surface area contributed by atoms with Crippen LogP contribution in [0.25, 0.3) is 0 Å². The Morgan fingerprint density at radius 3 is 2.92 bits per heavy atom. The molecule has 0 aliphatic carbocycles. The SMILES string of the molecule is CCOc1ccc(F)cc1SCl. The molecule has 0 saturated heterocycles. The van der Waals surface area contributed by atoms with Crippen molar-refractivity contribution in [2.75, 3.05) is 6.61 Å². The highest BCUT2D eigenvalue weighted by molar-refractivity contribution is 8.21. The molecule has 0 unspecified atom stereocenters. The molecule has 0 aromatic heterocycles. The van der Waals surface area contributed by atoms with E-state index in [1.807, 2.05) is 6.92 Å². The fraction of sp³-hybridized carbons (Fsp3) is 0.250. The number of benzene rings is 1. The van der Waals surface area contributed by atoms with Gasteiger partial charge in [-0.3, -0.25) is 0 Å². The van der Waals surface area contributed by atoms with Crippen LogP contribution in [-0.4, -0.2) is 6.61 Å². The van der Waals surface area contributed by atoms with E-state index in [-0.39, 0.29) is 5.82 Å². The lowest BCUT2D eigenvalue weighted by Gasteiger charge is -2.06. The van der Waals surface area contributed by atoms with Gasteiger partial charge in [-0.1, -0.05) is 0 Å². The molecule has 1 nitrogen and oxygen atoms in total. The van der Waals surface area contributed by atoms with Crippen LogP contribution in [0.4, 0.5) is 4.39 Å². The van der Waals surface area contributed by atoms with Crippen LogP contribution in [0.5, 0.6) is 5.75 Å². The predicted octanol–water partition coefficient (Wildman–Crippen LogP) is 3.47. The smallest absolute Gasteiger partial charge is 0.134 e. The molecule has 1 aromatic carbocycles. The van der Waals surface area contributed by atoms with Crippen LogP contribution in [-0.2, 0) is 0 Å². The first-order valence-corrected chi connectivity index (χ1v) is 5.13. The maximum Gasteiger partial charge on any atom is 0.134 e. The molecule has 0 spiro atoms. The summed E-state index contributed by atoms with van der Waals surface area (Å²) in [5.41, 5.74) is 0. The second-order valence-corrected chi connectivity index (χ2v) is 3.16. The van der Waals surface area contributed by atoms with Crippen molar-refractivity contribution in [1.29, 1.82) is 0 Å².